The molecule has 0 bridgehead atoms. The molecular weight excluding hydrogens is 313 g/mol. The maximum Gasteiger partial charge on any atom is 0.402 e. The van der Waals surface area contributed by atoms with Gasteiger partial charge in [-0.25, -0.2) is 0 Å². The molecule has 122 valence electrons. The van der Waals surface area contributed by atoms with Gasteiger partial charge >= 0.3 is 12.1 Å². The molecule has 0 amide bonds. The zero-order valence-corrected chi connectivity index (χ0v) is 12.0. The third kappa shape index (κ3) is 4.07. The van der Waals surface area contributed by atoms with Gasteiger partial charge in [0.2, 0.25) is 0 Å². The van der Waals surface area contributed by atoms with Gasteiger partial charge in [0.05, 0.1) is 5.92 Å². The van der Waals surface area contributed by atoms with Crippen molar-refractivity contribution in [2.45, 2.75) is 37.9 Å². The first kappa shape index (κ1) is 16.5. The smallest absolute Gasteiger partial charge is 0.402 e. The Balaban J connectivity index is 2.07. The minimum Gasteiger partial charge on any atom is -0.481 e. The Morgan fingerprint density at radius 2 is 1.71 bits per heavy atom. The van der Waals surface area contributed by atoms with E-state index < -0.39 is 40.9 Å². The molecule has 0 aromatic heterocycles. The fourth-order valence-corrected chi connectivity index (χ4v) is 4.29. The summed E-state index contributed by atoms with van der Waals surface area (Å²) in [5.74, 6) is -1.63. The molecule has 10 heteroatoms. The summed E-state index contributed by atoms with van der Waals surface area (Å²) in [5.41, 5.74) is 0. The highest BCUT2D eigenvalue weighted by molar-refractivity contribution is 7.86. The van der Waals surface area contributed by atoms with Crippen molar-refractivity contribution >= 4 is 16.2 Å². The van der Waals surface area contributed by atoms with E-state index in [4.69, 9.17) is 5.11 Å². The van der Waals surface area contributed by atoms with E-state index in [0.29, 0.717) is 17.1 Å². The minimum absolute atomic E-state index is 0.0552. The zero-order valence-electron chi connectivity index (χ0n) is 11.2. The summed E-state index contributed by atoms with van der Waals surface area (Å²) < 4.78 is 63.8. The van der Waals surface area contributed by atoms with Gasteiger partial charge in [-0.05, 0) is 25.7 Å². The second-order valence-corrected chi connectivity index (χ2v) is 7.29. The van der Waals surface area contributed by atoms with E-state index in [1.807, 2.05) is 0 Å². The fourth-order valence-electron chi connectivity index (χ4n) is 2.42. The molecule has 0 aromatic carbocycles. The lowest BCUT2D eigenvalue weighted by Gasteiger charge is -2.34. The predicted molar refractivity (Wildman–Crippen MR) is 66.6 cm³/mol. The normalized spacial score (nSPS) is 22.7. The molecule has 1 N–H and O–H groups in total. The Bertz CT molecular complexity index is 496. The Morgan fingerprint density at radius 3 is 2.10 bits per heavy atom. The lowest BCUT2D eigenvalue weighted by atomic mass is 9.99. The van der Waals surface area contributed by atoms with Gasteiger partial charge in [-0.3, -0.25) is 4.79 Å². The fraction of sp³-hybridized carbons (Fsp3) is 0.909. The van der Waals surface area contributed by atoms with Gasteiger partial charge in [-0.1, -0.05) is 0 Å². The molecule has 6 nitrogen and oxygen atoms in total. The van der Waals surface area contributed by atoms with Crippen molar-refractivity contribution in [3.8, 4) is 0 Å². The maximum absolute atomic E-state index is 12.6. The number of nitrogens with zero attached hydrogens (tertiary/aromatic N) is 2. The predicted octanol–water partition coefficient (Wildman–Crippen LogP) is 1.05. The molecule has 1 aliphatic carbocycles. The molecule has 0 radical (unpaired) electrons. The molecule has 0 atom stereocenters. The third-order valence-corrected chi connectivity index (χ3v) is 5.75. The minimum atomic E-state index is -4.59. The average Bonchev–Trinajstić information content (AvgIpc) is 3.19. The summed E-state index contributed by atoms with van der Waals surface area (Å²) >= 11 is 0. The Labute approximate surface area is 120 Å². The van der Waals surface area contributed by atoms with Crippen molar-refractivity contribution in [1.29, 1.82) is 0 Å². The summed E-state index contributed by atoms with van der Waals surface area (Å²) in [7, 11) is -4.19. The van der Waals surface area contributed by atoms with Crippen LogP contribution >= 0.6 is 0 Å². The number of hydrogen-bond donors (Lipinski definition) is 1. The first-order valence-corrected chi connectivity index (χ1v) is 8.07. The van der Waals surface area contributed by atoms with Crippen LogP contribution in [0.5, 0.6) is 0 Å². The van der Waals surface area contributed by atoms with Crippen LogP contribution in [0.25, 0.3) is 0 Å². The molecule has 1 aliphatic heterocycles. The number of rotatable bonds is 5. The largest absolute Gasteiger partial charge is 0.481 e. The van der Waals surface area contributed by atoms with Crippen molar-refractivity contribution in [3.05, 3.63) is 0 Å². The highest BCUT2D eigenvalue weighted by Gasteiger charge is 2.47. The van der Waals surface area contributed by atoms with Gasteiger partial charge in [0, 0.05) is 19.1 Å². The summed E-state index contributed by atoms with van der Waals surface area (Å²) in [4.78, 5) is 10.8. The number of carboxylic acids is 1. The highest BCUT2D eigenvalue weighted by Crippen LogP contribution is 2.34. The molecule has 21 heavy (non-hydrogen) atoms. The van der Waals surface area contributed by atoms with E-state index in [9.17, 15) is 26.4 Å². The summed E-state index contributed by atoms with van der Waals surface area (Å²) in [6.07, 6.45) is -3.48. The SMILES string of the molecule is O=C(O)C1CCN(S(=O)(=O)N(CC(F)(F)F)C2CC2)CC1. The second-order valence-electron chi connectivity index (χ2n) is 5.41. The van der Waals surface area contributed by atoms with Crippen molar-refractivity contribution in [2.24, 2.45) is 5.92 Å². The standard InChI is InChI=1S/C11H17F3N2O4S/c12-11(13,14)7-16(9-1-2-9)21(19,20)15-5-3-8(4-6-15)10(17)18/h8-9H,1-7H2,(H,17,18). The van der Waals surface area contributed by atoms with Crippen LogP contribution in [0.15, 0.2) is 0 Å². The van der Waals surface area contributed by atoms with Gasteiger partial charge in [-0.2, -0.15) is 30.2 Å². The summed E-state index contributed by atoms with van der Waals surface area (Å²) in [6.45, 7) is -1.60. The van der Waals surface area contributed by atoms with E-state index in [1.54, 1.807) is 0 Å². The maximum atomic E-state index is 12.6. The number of alkyl halides is 3. The van der Waals surface area contributed by atoms with Crippen LogP contribution in [0.2, 0.25) is 0 Å². The molecule has 0 aromatic rings. The molecule has 1 saturated heterocycles. The van der Waals surface area contributed by atoms with E-state index >= 15 is 0 Å². The van der Waals surface area contributed by atoms with E-state index in [-0.39, 0.29) is 25.9 Å². The topological polar surface area (TPSA) is 77.9 Å². The van der Waals surface area contributed by atoms with Crippen molar-refractivity contribution in [1.82, 2.24) is 8.61 Å². The van der Waals surface area contributed by atoms with Crippen molar-refractivity contribution < 1.29 is 31.5 Å². The van der Waals surface area contributed by atoms with Gasteiger partial charge in [0.25, 0.3) is 10.2 Å². The number of hydrogen-bond acceptors (Lipinski definition) is 3. The van der Waals surface area contributed by atoms with E-state index in [2.05, 4.69) is 0 Å². The number of aliphatic carboxylic acids is 1. The first-order valence-electron chi connectivity index (χ1n) is 6.68. The lowest BCUT2D eigenvalue weighted by Crippen LogP contribution is -2.51. The average molecular weight is 330 g/mol. The molecule has 2 fully saturated rings. The number of piperidine rings is 1. The molecule has 0 spiro atoms. The van der Waals surface area contributed by atoms with Crippen LogP contribution in [0, 0.1) is 5.92 Å². The first-order chi connectivity index (χ1) is 9.61. The molecule has 2 rings (SSSR count). The number of halogens is 3. The molecule has 2 aliphatic rings. The van der Waals surface area contributed by atoms with Gasteiger partial charge < -0.3 is 5.11 Å². The van der Waals surface area contributed by atoms with Gasteiger partial charge in [0.15, 0.2) is 0 Å². The Morgan fingerprint density at radius 1 is 1.19 bits per heavy atom. The molecule has 1 saturated carbocycles. The summed E-state index contributed by atoms with van der Waals surface area (Å²) in [6, 6.07) is -0.589. The zero-order chi connectivity index (χ0) is 15.8. The van der Waals surface area contributed by atoms with Crippen LogP contribution in [0.4, 0.5) is 13.2 Å². The Hall–Kier alpha value is -0.870. The van der Waals surface area contributed by atoms with Crippen LogP contribution < -0.4 is 0 Å². The van der Waals surface area contributed by atoms with E-state index in [1.165, 1.54) is 0 Å². The van der Waals surface area contributed by atoms with E-state index in [0.717, 1.165) is 4.31 Å². The second kappa shape index (κ2) is 5.73. The van der Waals surface area contributed by atoms with Gasteiger partial charge in [0.1, 0.15) is 6.54 Å². The summed E-state index contributed by atoms with van der Waals surface area (Å²) in [5, 5.41) is 8.86. The van der Waals surface area contributed by atoms with Crippen LogP contribution in [-0.4, -0.2) is 60.0 Å². The quantitative estimate of drug-likeness (QED) is 0.817. The molecular formula is C11H17F3N2O4S. The Kier molecular flexibility index (Phi) is 4.50. The third-order valence-electron chi connectivity index (χ3n) is 3.72. The number of carbonyl (C=O) groups is 1. The lowest BCUT2D eigenvalue weighted by molar-refractivity contribution is -0.142. The molecule has 1 heterocycles. The highest BCUT2D eigenvalue weighted by atomic mass is 32.2. The van der Waals surface area contributed by atoms with Crippen LogP contribution in [-0.2, 0) is 15.0 Å². The van der Waals surface area contributed by atoms with Crippen LogP contribution in [0.3, 0.4) is 0 Å². The van der Waals surface area contributed by atoms with Crippen LogP contribution in [0.1, 0.15) is 25.7 Å². The molecule has 0 unspecified atom stereocenters. The van der Waals surface area contributed by atoms with Crippen molar-refractivity contribution in [2.75, 3.05) is 19.6 Å². The van der Waals surface area contributed by atoms with Crippen molar-refractivity contribution in [3.63, 3.8) is 0 Å². The monoisotopic (exact) mass is 330 g/mol. The van der Waals surface area contributed by atoms with Gasteiger partial charge in [-0.15, -0.1) is 0 Å². The number of carboxylic acid groups (broad SMARTS) is 1.